The maximum absolute atomic E-state index is 14.7. The molecule has 0 radical (unpaired) electrons. The van der Waals surface area contributed by atoms with Crippen LogP contribution in [-0.4, -0.2) is 0 Å². The van der Waals surface area contributed by atoms with E-state index < -0.39 is 0 Å². The Labute approximate surface area is 247 Å². The smallest absolute Gasteiger partial charge is 0.131 e. The second-order valence-electron chi connectivity index (χ2n) is 11.9. The van der Waals surface area contributed by atoms with E-state index in [1.165, 1.54) is 59.1 Å². The van der Waals surface area contributed by atoms with Crippen molar-refractivity contribution in [3.63, 3.8) is 0 Å². The van der Waals surface area contributed by atoms with E-state index in [-0.39, 0.29) is 7.24 Å². The molecule has 5 aromatic rings. The first-order chi connectivity index (χ1) is 19.9. The van der Waals surface area contributed by atoms with Crippen LogP contribution in [0.25, 0.3) is 33.4 Å². The summed E-state index contributed by atoms with van der Waals surface area (Å²) >= 11 is 0. The molecule has 0 amide bonds. The molecule has 1 aliphatic rings. The predicted molar refractivity (Wildman–Crippen MR) is 176 cm³/mol. The lowest BCUT2D eigenvalue weighted by molar-refractivity contribution is 0.348. The van der Waals surface area contributed by atoms with Crippen LogP contribution in [0.15, 0.2) is 115 Å². The van der Waals surface area contributed by atoms with E-state index in [4.69, 9.17) is 0 Å². The van der Waals surface area contributed by atoms with Gasteiger partial charge < -0.3 is 0 Å². The van der Waals surface area contributed by atoms with Gasteiger partial charge in [-0.15, -0.1) is 0 Å². The summed E-state index contributed by atoms with van der Waals surface area (Å²) in [5.41, 5.74) is 11.4. The first-order valence-corrected chi connectivity index (χ1v) is 15.0. The van der Waals surface area contributed by atoms with E-state index in [0.29, 0.717) is 11.5 Å². The van der Waals surface area contributed by atoms with Crippen molar-refractivity contribution in [1.29, 1.82) is 0 Å². The van der Waals surface area contributed by atoms with Gasteiger partial charge in [0.15, 0.2) is 0 Å². The molecule has 1 aliphatic carbocycles. The molecule has 0 N–H and O–H groups in total. The van der Waals surface area contributed by atoms with Crippen molar-refractivity contribution in [3.8, 4) is 33.4 Å². The van der Waals surface area contributed by atoms with E-state index in [0.717, 1.165) is 22.6 Å². The summed E-state index contributed by atoms with van der Waals surface area (Å²) in [6, 6.07) is 39.6. The summed E-state index contributed by atoms with van der Waals surface area (Å²) in [6.45, 7) is 8.62. The summed E-state index contributed by atoms with van der Waals surface area (Å²) in [5, 5.41) is 0. The number of benzene rings is 5. The number of halogens is 1. The van der Waals surface area contributed by atoms with Crippen LogP contribution < -0.4 is 0 Å². The van der Waals surface area contributed by atoms with Crippen LogP contribution in [0.1, 0.15) is 62.2 Å². The molecule has 41 heavy (non-hydrogen) atoms. The molecule has 210 valence electrons. The lowest BCUT2D eigenvalue weighted by atomic mass is 9.79. The Morgan fingerprint density at radius 3 is 1.34 bits per heavy atom. The maximum atomic E-state index is 14.7. The molecule has 0 aromatic heterocycles. The van der Waals surface area contributed by atoms with Gasteiger partial charge in [0.05, 0.1) is 0 Å². The van der Waals surface area contributed by atoms with Gasteiger partial charge in [0.25, 0.3) is 0 Å². The number of hydrogen-bond acceptors (Lipinski definition) is 0. The molecule has 1 heteroatoms. The highest BCUT2D eigenvalue weighted by molar-refractivity contribution is 5.71. The van der Waals surface area contributed by atoms with Crippen LogP contribution in [0.3, 0.4) is 0 Å². The van der Waals surface area contributed by atoms with Gasteiger partial charge in [-0.1, -0.05) is 146 Å². The van der Waals surface area contributed by atoms with Crippen molar-refractivity contribution in [2.75, 3.05) is 0 Å². The van der Waals surface area contributed by atoms with Gasteiger partial charge in [-0.05, 0) is 84.9 Å². The number of aryl methyl sites for hydroxylation is 3. The summed E-state index contributed by atoms with van der Waals surface area (Å²) in [6.07, 6.45) is 5.25. The van der Waals surface area contributed by atoms with Gasteiger partial charge in [0.1, 0.15) is 5.82 Å². The largest absolute Gasteiger partial charge is 0.206 e. The third kappa shape index (κ3) is 7.41. The number of hydrogen-bond donors (Lipinski definition) is 0. The summed E-state index contributed by atoms with van der Waals surface area (Å²) in [4.78, 5) is 0. The molecule has 0 bridgehead atoms. The third-order valence-corrected chi connectivity index (χ3v) is 8.50. The minimum Gasteiger partial charge on any atom is -0.206 e. The van der Waals surface area contributed by atoms with Gasteiger partial charge in [-0.2, -0.15) is 0 Å². The molecule has 6 rings (SSSR count). The van der Waals surface area contributed by atoms with Crippen LogP contribution >= 0.6 is 0 Å². The minimum absolute atomic E-state index is 0. The normalized spacial score (nSPS) is 16.5. The van der Waals surface area contributed by atoms with Gasteiger partial charge >= 0.3 is 0 Å². The Morgan fingerprint density at radius 1 is 0.488 bits per heavy atom. The molecule has 0 aliphatic heterocycles. The molecular formula is C40H43F. The summed E-state index contributed by atoms with van der Waals surface area (Å²) in [5.74, 6) is 1.40. The van der Waals surface area contributed by atoms with Crippen LogP contribution in [0.5, 0.6) is 0 Å². The zero-order chi connectivity index (χ0) is 28.8. The fourth-order valence-corrected chi connectivity index (χ4v) is 5.70. The fraction of sp³-hybridized carbons (Fsp3) is 0.250. The fourth-order valence-electron chi connectivity index (χ4n) is 5.70. The van der Waals surface area contributed by atoms with Crippen molar-refractivity contribution >= 4 is 0 Å². The molecule has 1 fully saturated rings. The topological polar surface area (TPSA) is 0 Å². The Kier molecular flexibility index (Phi) is 9.14. The van der Waals surface area contributed by atoms with Crippen molar-refractivity contribution in [2.24, 2.45) is 5.92 Å². The van der Waals surface area contributed by atoms with Crippen LogP contribution in [0.2, 0.25) is 0 Å². The molecule has 0 unspecified atom stereocenters. The monoisotopic (exact) mass is 542 g/mol. The van der Waals surface area contributed by atoms with Gasteiger partial charge in [-0.3, -0.25) is 0 Å². The Bertz CT molecular complexity index is 1500. The SMILES string of the molecule is Cc1ccc(-c2ccc(-c3ccc(C4CCC(C)CC4)cc3)cc2F)cc1.Cc1ccc(-c2ccc(C)cc2)cc1.[HH]. The molecule has 5 aromatic carbocycles. The molecule has 0 spiro atoms. The van der Waals surface area contributed by atoms with Gasteiger partial charge in [-0.25, -0.2) is 4.39 Å². The predicted octanol–water partition coefficient (Wildman–Crippen LogP) is 12.0. The van der Waals surface area contributed by atoms with Crippen molar-refractivity contribution in [3.05, 3.63) is 143 Å². The highest BCUT2D eigenvalue weighted by atomic mass is 19.1. The molecule has 0 atom stereocenters. The molecule has 0 heterocycles. The molecule has 0 nitrogen and oxygen atoms in total. The molecule has 0 saturated heterocycles. The second kappa shape index (κ2) is 13.1. The quantitative estimate of drug-likeness (QED) is 0.212. The molecular weight excluding hydrogens is 499 g/mol. The van der Waals surface area contributed by atoms with E-state index >= 15 is 0 Å². The average molecular weight is 543 g/mol. The number of rotatable bonds is 4. The van der Waals surface area contributed by atoms with Gasteiger partial charge in [0, 0.05) is 6.99 Å². The van der Waals surface area contributed by atoms with E-state index in [9.17, 15) is 4.39 Å². The van der Waals surface area contributed by atoms with Crippen molar-refractivity contribution in [1.82, 2.24) is 0 Å². The first kappa shape index (κ1) is 28.6. The van der Waals surface area contributed by atoms with Crippen molar-refractivity contribution in [2.45, 2.75) is 59.3 Å². The van der Waals surface area contributed by atoms with Crippen LogP contribution in [-0.2, 0) is 0 Å². The second-order valence-corrected chi connectivity index (χ2v) is 11.9. The minimum atomic E-state index is -0.165. The Balaban J connectivity index is 0.000000228. The standard InChI is InChI=1S/C26H27F.C14H14.H2/c1-18-3-7-20(8-4-18)21-11-13-22(14-12-21)24-15-16-25(26(27)17-24)23-9-5-19(2)6-10-23;1-11-3-7-13(8-4-11)14-9-5-12(2)6-10-14;/h5-6,9-18,20H,3-4,7-8H2,1-2H3;3-10H,1-2H3;1H. The third-order valence-electron chi connectivity index (χ3n) is 8.50. The van der Waals surface area contributed by atoms with E-state index in [1.807, 2.05) is 43.3 Å². The van der Waals surface area contributed by atoms with E-state index in [1.54, 1.807) is 6.07 Å². The lowest BCUT2D eigenvalue weighted by Crippen LogP contribution is -2.10. The summed E-state index contributed by atoms with van der Waals surface area (Å²) < 4.78 is 14.7. The zero-order valence-electron chi connectivity index (χ0n) is 24.8. The average Bonchev–Trinajstić information content (AvgIpc) is 2.99. The van der Waals surface area contributed by atoms with Crippen molar-refractivity contribution < 1.29 is 5.82 Å². The van der Waals surface area contributed by atoms with Gasteiger partial charge in [0.2, 0.25) is 0 Å². The van der Waals surface area contributed by atoms with Crippen LogP contribution in [0.4, 0.5) is 4.39 Å². The summed E-state index contributed by atoms with van der Waals surface area (Å²) in [7, 11) is 0. The highest BCUT2D eigenvalue weighted by Gasteiger charge is 2.19. The van der Waals surface area contributed by atoms with Crippen LogP contribution in [0, 0.1) is 32.5 Å². The first-order valence-electron chi connectivity index (χ1n) is 15.0. The maximum Gasteiger partial charge on any atom is 0.131 e. The Morgan fingerprint density at radius 2 is 0.878 bits per heavy atom. The molecule has 1 saturated carbocycles. The highest BCUT2D eigenvalue weighted by Crippen LogP contribution is 2.36. The zero-order valence-corrected chi connectivity index (χ0v) is 24.8. The Hall–Kier alpha value is -3.97. The van der Waals surface area contributed by atoms with E-state index in [2.05, 4.69) is 93.6 Å². The lowest BCUT2D eigenvalue weighted by Gasteiger charge is -2.26.